The van der Waals surface area contributed by atoms with Crippen molar-refractivity contribution in [3.05, 3.63) is 11.1 Å². The van der Waals surface area contributed by atoms with Crippen LogP contribution in [0.15, 0.2) is 11.1 Å². The summed E-state index contributed by atoms with van der Waals surface area (Å²) < 4.78 is 48.1. The van der Waals surface area contributed by atoms with Gasteiger partial charge in [0.05, 0.1) is 5.57 Å². The molecule has 0 aromatic rings. The molecule has 1 rings (SSSR count). The maximum atomic E-state index is 12.0. The molecular formula is C6H6F4. The predicted octanol–water partition coefficient (Wildman–Crippen LogP) is 2.61. The summed E-state index contributed by atoms with van der Waals surface area (Å²) in [6.45, 7) is 2.51. The van der Waals surface area contributed by atoms with Crippen LogP contribution in [0, 0.1) is 0 Å². The summed E-state index contributed by atoms with van der Waals surface area (Å²) in [6.07, 6.45) is 0. The lowest BCUT2D eigenvalue weighted by Gasteiger charge is -1.86. The molecule has 0 N–H and O–H groups in total. The van der Waals surface area contributed by atoms with Crippen molar-refractivity contribution in [2.75, 3.05) is 0 Å². The highest BCUT2D eigenvalue weighted by Crippen LogP contribution is 2.63. The highest BCUT2D eigenvalue weighted by Gasteiger charge is 2.81. The summed E-state index contributed by atoms with van der Waals surface area (Å²) >= 11 is 0. The van der Waals surface area contributed by atoms with Gasteiger partial charge in [0.15, 0.2) is 0 Å². The first-order valence-corrected chi connectivity index (χ1v) is 2.76. The minimum absolute atomic E-state index is 0.00926. The molecule has 0 aromatic carbocycles. The van der Waals surface area contributed by atoms with E-state index < -0.39 is 17.4 Å². The Bertz CT molecular complexity index is 182. The molecular weight excluding hydrogens is 148 g/mol. The van der Waals surface area contributed by atoms with Crippen molar-refractivity contribution in [3.8, 4) is 0 Å². The minimum Gasteiger partial charge on any atom is -0.194 e. The molecule has 1 aliphatic carbocycles. The van der Waals surface area contributed by atoms with Crippen LogP contribution in [0.5, 0.6) is 0 Å². The van der Waals surface area contributed by atoms with E-state index in [9.17, 15) is 17.6 Å². The molecule has 10 heavy (non-hydrogen) atoms. The van der Waals surface area contributed by atoms with Crippen LogP contribution >= 0.6 is 0 Å². The first kappa shape index (κ1) is 7.57. The van der Waals surface area contributed by atoms with E-state index in [0.717, 1.165) is 0 Å². The molecule has 1 fully saturated rings. The number of allylic oxidation sites excluding steroid dienone is 2. The molecule has 1 saturated carbocycles. The van der Waals surface area contributed by atoms with E-state index >= 15 is 0 Å². The first-order chi connectivity index (χ1) is 4.32. The fourth-order valence-electron chi connectivity index (χ4n) is 0.920. The zero-order valence-electron chi connectivity index (χ0n) is 5.51. The second-order valence-electron chi connectivity index (χ2n) is 2.52. The maximum absolute atomic E-state index is 12.0. The van der Waals surface area contributed by atoms with Crippen LogP contribution < -0.4 is 0 Å². The summed E-state index contributed by atoms with van der Waals surface area (Å²) in [5, 5.41) is 0. The van der Waals surface area contributed by atoms with Gasteiger partial charge in [-0.1, -0.05) is 5.57 Å². The number of hydrogen-bond acceptors (Lipinski definition) is 0. The van der Waals surface area contributed by atoms with Crippen LogP contribution in [0.2, 0.25) is 0 Å². The van der Waals surface area contributed by atoms with Gasteiger partial charge in [-0.05, 0) is 13.8 Å². The van der Waals surface area contributed by atoms with Crippen LogP contribution in [0.25, 0.3) is 0 Å². The molecule has 1 aliphatic rings. The van der Waals surface area contributed by atoms with Crippen molar-refractivity contribution in [1.82, 2.24) is 0 Å². The quantitative estimate of drug-likeness (QED) is 0.371. The largest absolute Gasteiger partial charge is 0.341 e. The highest BCUT2D eigenvalue weighted by molar-refractivity contribution is 5.47. The summed E-state index contributed by atoms with van der Waals surface area (Å²) in [7, 11) is 0. The van der Waals surface area contributed by atoms with E-state index in [0.29, 0.717) is 0 Å². The summed E-state index contributed by atoms with van der Waals surface area (Å²) in [5.41, 5.74) is -1.00. The van der Waals surface area contributed by atoms with Crippen molar-refractivity contribution in [3.63, 3.8) is 0 Å². The lowest BCUT2D eigenvalue weighted by molar-refractivity contribution is -0.0278. The van der Waals surface area contributed by atoms with Crippen molar-refractivity contribution in [2.24, 2.45) is 0 Å². The summed E-state index contributed by atoms with van der Waals surface area (Å²) in [5.74, 6) is -7.74. The maximum Gasteiger partial charge on any atom is 0.341 e. The second kappa shape index (κ2) is 1.54. The molecule has 0 spiro atoms. The Morgan fingerprint density at radius 3 is 1.30 bits per heavy atom. The zero-order chi connectivity index (χ0) is 8.15. The van der Waals surface area contributed by atoms with Gasteiger partial charge in [0.25, 0.3) is 0 Å². The Balaban J connectivity index is 3.04. The lowest BCUT2D eigenvalue weighted by Crippen LogP contribution is -2.02. The van der Waals surface area contributed by atoms with E-state index in [4.69, 9.17) is 0 Å². The first-order valence-electron chi connectivity index (χ1n) is 2.76. The summed E-state index contributed by atoms with van der Waals surface area (Å²) in [4.78, 5) is 0. The molecule has 4 heteroatoms. The molecule has 0 bridgehead atoms. The standard InChI is InChI=1S/C6H6F4/c1-3(2)4-5(7,8)6(4,9)10/h1-2H3. The van der Waals surface area contributed by atoms with Gasteiger partial charge in [0.2, 0.25) is 0 Å². The molecule has 58 valence electrons. The fraction of sp³-hybridized carbons (Fsp3) is 0.667. The van der Waals surface area contributed by atoms with Gasteiger partial charge in [0, 0.05) is 0 Å². The van der Waals surface area contributed by atoms with Crippen LogP contribution in [-0.2, 0) is 0 Å². The smallest absolute Gasteiger partial charge is 0.194 e. The normalized spacial score (nSPS) is 26.4. The molecule has 0 heterocycles. The molecule has 0 unspecified atom stereocenters. The molecule has 0 aromatic heterocycles. The van der Waals surface area contributed by atoms with Crippen molar-refractivity contribution in [2.45, 2.75) is 25.7 Å². The van der Waals surface area contributed by atoms with Gasteiger partial charge in [-0.3, -0.25) is 0 Å². The molecule has 0 radical (unpaired) electrons. The molecule has 0 aliphatic heterocycles. The van der Waals surface area contributed by atoms with Gasteiger partial charge in [-0.2, -0.15) is 17.6 Å². The van der Waals surface area contributed by atoms with E-state index in [1.165, 1.54) is 13.8 Å². The van der Waals surface area contributed by atoms with Crippen LogP contribution in [0.4, 0.5) is 17.6 Å². The average molecular weight is 154 g/mol. The minimum atomic E-state index is -3.87. The van der Waals surface area contributed by atoms with Gasteiger partial charge < -0.3 is 0 Å². The summed E-state index contributed by atoms with van der Waals surface area (Å²) in [6, 6.07) is 0. The van der Waals surface area contributed by atoms with E-state index in [1.54, 1.807) is 0 Å². The Morgan fingerprint density at radius 2 is 1.30 bits per heavy atom. The van der Waals surface area contributed by atoms with Crippen LogP contribution in [0.1, 0.15) is 13.8 Å². The Hall–Kier alpha value is -0.540. The Labute approximate surface area is 55.5 Å². The topological polar surface area (TPSA) is 0 Å². The molecule has 0 saturated heterocycles. The van der Waals surface area contributed by atoms with Gasteiger partial charge in [0.1, 0.15) is 0 Å². The highest BCUT2D eigenvalue weighted by atomic mass is 19.3. The molecule has 0 nitrogen and oxygen atoms in total. The fourth-order valence-corrected chi connectivity index (χ4v) is 0.920. The third-order valence-corrected chi connectivity index (χ3v) is 1.46. The van der Waals surface area contributed by atoms with Crippen molar-refractivity contribution < 1.29 is 17.6 Å². The Morgan fingerprint density at radius 1 is 1.00 bits per heavy atom. The molecule has 0 amide bonds. The van der Waals surface area contributed by atoms with Crippen LogP contribution in [-0.4, -0.2) is 11.8 Å². The van der Waals surface area contributed by atoms with Gasteiger partial charge in [-0.25, -0.2) is 0 Å². The van der Waals surface area contributed by atoms with Gasteiger partial charge in [-0.15, -0.1) is 0 Å². The zero-order valence-corrected chi connectivity index (χ0v) is 5.51. The molecule has 0 atom stereocenters. The SMILES string of the molecule is CC(C)=C1C(F)(F)C1(F)F. The third kappa shape index (κ3) is 0.617. The van der Waals surface area contributed by atoms with E-state index in [-0.39, 0.29) is 5.57 Å². The number of rotatable bonds is 0. The van der Waals surface area contributed by atoms with Gasteiger partial charge >= 0.3 is 11.8 Å². The van der Waals surface area contributed by atoms with Crippen molar-refractivity contribution >= 4 is 0 Å². The van der Waals surface area contributed by atoms with Crippen LogP contribution in [0.3, 0.4) is 0 Å². The van der Waals surface area contributed by atoms with Crippen molar-refractivity contribution in [1.29, 1.82) is 0 Å². The monoisotopic (exact) mass is 154 g/mol. The third-order valence-electron chi connectivity index (χ3n) is 1.46. The van der Waals surface area contributed by atoms with E-state index in [2.05, 4.69) is 0 Å². The average Bonchev–Trinajstić information content (AvgIpc) is 1.97. The lowest BCUT2D eigenvalue weighted by atomic mass is 10.3. The second-order valence-corrected chi connectivity index (χ2v) is 2.52. The van der Waals surface area contributed by atoms with E-state index in [1.807, 2.05) is 0 Å². The number of halogens is 4. The number of hydrogen-bond donors (Lipinski definition) is 0. The Kier molecular flexibility index (Phi) is 1.17. The number of alkyl halides is 4. The predicted molar refractivity (Wildman–Crippen MR) is 28.3 cm³/mol.